The molecule has 1 saturated heterocycles. The first-order chi connectivity index (χ1) is 30.0. The number of benzene rings is 1. The van der Waals surface area contributed by atoms with Crippen LogP contribution in [0.1, 0.15) is 98.0 Å². The Morgan fingerprint density at radius 2 is 1.87 bits per heavy atom. The number of carbonyl (C=O) groups excluding carboxylic acids is 3. The third kappa shape index (κ3) is 9.95. The standard InChI is InChI=1S/C44H50F2N10O6/c1-53(18-4-20-61-19-3-5-27-10-13-34-36(21-27)54(2)44(60)56(34)35-14-15-38(57)51-42(35)59)24-29-8-11-31(12-9-29)55-25-32(39(52-55)40(45)46)49-41(58)33-26-62-43(50-33)30-16-17-47-37(22-30)48-23-28-6-7-28/h10,13,16-17,21-22,25-26,28-29,31,35,40H,4,6-9,11-12,14-15,18-20,23-24H2,1-2H3,(H,47,48)(H,49,58)(H,51,57,59)/t29-,31-,35?. The normalized spacial score (nSPS) is 19.2. The molecule has 62 heavy (non-hydrogen) atoms. The van der Waals surface area contributed by atoms with Gasteiger partial charge in [-0.1, -0.05) is 11.8 Å². The van der Waals surface area contributed by atoms with Crippen molar-refractivity contribution in [2.24, 2.45) is 18.9 Å². The van der Waals surface area contributed by atoms with E-state index in [-0.39, 0.29) is 54.4 Å². The van der Waals surface area contributed by atoms with Crippen LogP contribution >= 0.6 is 0 Å². The molecule has 3 fully saturated rings. The largest absolute Gasteiger partial charge is 0.444 e. The Hall–Kier alpha value is -6.19. The lowest BCUT2D eigenvalue weighted by Gasteiger charge is -2.31. The van der Waals surface area contributed by atoms with E-state index in [9.17, 15) is 28.0 Å². The first-order valence-electron chi connectivity index (χ1n) is 21.1. The summed E-state index contributed by atoms with van der Waals surface area (Å²) in [6.07, 6.45) is 8.56. The van der Waals surface area contributed by atoms with E-state index in [1.165, 1.54) is 34.4 Å². The molecule has 1 aliphatic heterocycles. The Labute approximate surface area is 356 Å². The fourth-order valence-corrected chi connectivity index (χ4v) is 8.27. The van der Waals surface area contributed by atoms with Gasteiger partial charge >= 0.3 is 5.69 Å². The van der Waals surface area contributed by atoms with Crippen LogP contribution in [-0.4, -0.2) is 91.4 Å². The van der Waals surface area contributed by atoms with Crippen molar-refractivity contribution in [3.63, 3.8) is 0 Å². The molecule has 0 radical (unpaired) electrons. The number of imidazole rings is 1. The first kappa shape index (κ1) is 42.5. The first-order valence-corrected chi connectivity index (χ1v) is 21.1. The SMILES string of the molecule is CN(CCCOCC#Cc1ccc2c(c1)n(C)c(=O)n2C1CCC(=O)NC1=O)C[C@H]1CC[C@H](n2cc(NC(=O)c3coc(-c4ccnc(NCC5CC5)c4)n3)c(C(F)F)n2)CC1. The van der Waals surface area contributed by atoms with Crippen LogP contribution in [0.2, 0.25) is 0 Å². The fraction of sp³-hybridized carbons (Fsp3) is 0.477. The summed E-state index contributed by atoms with van der Waals surface area (Å²) in [7, 11) is 3.73. The number of nitrogens with one attached hydrogen (secondary N) is 3. The third-order valence-electron chi connectivity index (χ3n) is 11.8. The second-order valence-corrected chi connectivity index (χ2v) is 16.5. The number of piperidine rings is 1. The van der Waals surface area contributed by atoms with Crippen LogP contribution in [0.4, 0.5) is 20.3 Å². The maximum atomic E-state index is 14.1. The van der Waals surface area contributed by atoms with Crippen LogP contribution in [0.3, 0.4) is 0 Å². The summed E-state index contributed by atoms with van der Waals surface area (Å²) in [5.41, 5.74) is 1.71. The van der Waals surface area contributed by atoms with Gasteiger partial charge in [0.25, 0.3) is 12.3 Å². The van der Waals surface area contributed by atoms with Gasteiger partial charge in [0.05, 0.1) is 22.8 Å². The van der Waals surface area contributed by atoms with Crippen molar-refractivity contribution in [2.75, 3.05) is 50.5 Å². The number of halogens is 2. The Balaban J connectivity index is 0.759. The quantitative estimate of drug-likeness (QED) is 0.0629. The van der Waals surface area contributed by atoms with Gasteiger partial charge in [-0.15, -0.1) is 0 Å². The van der Waals surface area contributed by atoms with Crippen molar-refractivity contribution in [1.29, 1.82) is 0 Å². The molecule has 5 aromatic rings. The molecule has 3 N–H and O–H groups in total. The predicted molar refractivity (Wildman–Crippen MR) is 225 cm³/mol. The molecule has 18 heteroatoms. The van der Waals surface area contributed by atoms with Gasteiger partial charge in [0.1, 0.15) is 24.7 Å². The maximum absolute atomic E-state index is 14.1. The number of pyridine rings is 1. The molecule has 3 amide bonds. The van der Waals surface area contributed by atoms with Crippen molar-refractivity contribution >= 4 is 40.3 Å². The van der Waals surface area contributed by atoms with E-state index in [1.807, 2.05) is 6.07 Å². The highest BCUT2D eigenvalue weighted by atomic mass is 19.3. The second kappa shape index (κ2) is 18.8. The van der Waals surface area contributed by atoms with Crippen molar-refractivity contribution in [1.82, 2.24) is 39.1 Å². The summed E-state index contributed by atoms with van der Waals surface area (Å²) in [6.45, 7) is 3.38. The molecule has 0 spiro atoms. The van der Waals surface area contributed by atoms with Gasteiger partial charge < -0.3 is 24.7 Å². The third-order valence-corrected chi connectivity index (χ3v) is 11.8. The zero-order valence-corrected chi connectivity index (χ0v) is 34.7. The van der Waals surface area contributed by atoms with Gasteiger partial charge in [0.2, 0.25) is 17.7 Å². The van der Waals surface area contributed by atoms with Crippen LogP contribution in [0.5, 0.6) is 0 Å². The number of imide groups is 1. The van der Waals surface area contributed by atoms with Gasteiger partial charge in [0.15, 0.2) is 11.4 Å². The zero-order valence-electron chi connectivity index (χ0n) is 34.7. The highest BCUT2D eigenvalue weighted by molar-refractivity contribution is 6.03. The van der Waals surface area contributed by atoms with E-state index < -0.39 is 30.0 Å². The number of amides is 3. The molecule has 16 nitrogen and oxygen atoms in total. The molecular formula is C44H50F2N10O6. The number of anilines is 2. The predicted octanol–water partition coefficient (Wildman–Crippen LogP) is 5.70. The van der Waals surface area contributed by atoms with Gasteiger partial charge in [0, 0.05) is 63.2 Å². The molecule has 2 saturated carbocycles. The topological polar surface area (TPSA) is 183 Å². The number of aryl methyl sites for hydroxylation is 1. The number of ether oxygens (including phenoxy) is 1. The molecule has 5 heterocycles. The molecule has 4 aromatic heterocycles. The average Bonchev–Trinajstić information content (AvgIpc) is 3.68. The second-order valence-electron chi connectivity index (χ2n) is 16.5. The van der Waals surface area contributed by atoms with Crippen LogP contribution in [0, 0.1) is 23.7 Å². The van der Waals surface area contributed by atoms with Gasteiger partial charge in [-0.05, 0) is 101 Å². The van der Waals surface area contributed by atoms with Crippen LogP contribution in [-0.2, 0) is 21.4 Å². The number of hydrogen-bond donors (Lipinski definition) is 3. The summed E-state index contributed by atoms with van der Waals surface area (Å²) in [5.74, 6) is 6.68. The molecule has 1 atom stereocenters. The zero-order chi connectivity index (χ0) is 43.3. The monoisotopic (exact) mass is 852 g/mol. The fourth-order valence-electron chi connectivity index (χ4n) is 8.27. The van der Waals surface area contributed by atoms with Gasteiger partial charge in [-0.25, -0.2) is 23.5 Å². The molecule has 8 rings (SSSR count). The Morgan fingerprint density at radius 3 is 2.65 bits per heavy atom. The van der Waals surface area contributed by atoms with E-state index in [4.69, 9.17) is 9.15 Å². The highest BCUT2D eigenvalue weighted by Crippen LogP contribution is 2.35. The van der Waals surface area contributed by atoms with Gasteiger partial charge in [-0.2, -0.15) is 5.10 Å². The van der Waals surface area contributed by atoms with E-state index in [2.05, 4.69) is 54.8 Å². The lowest BCUT2D eigenvalue weighted by atomic mass is 9.86. The molecule has 1 aromatic carbocycles. The highest BCUT2D eigenvalue weighted by Gasteiger charge is 2.32. The minimum atomic E-state index is -2.87. The molecule has 0 bridgehead atoms. The minimum Gasteiger partial charge on any atom is -0.444 e. The lowest BCUT2D eigenvalue weighted by Crippen LogP contribution is -2.44. The van der Waals surface area contributed by atoms with Crippen LogP contribution < -0.4 is 21.6 Å². The van der Waals surface area contributed by atoms with Crippen LogP contribution in [0.15, 0.2) is 58.2 Å². The average molecular weight is 853 g/mol. The van der Waals surface area contributed by atoms with Crippen molar-refractivity contribution < 1.29 is 32.3 Å². The van der Waals surface area contributed by atoms with Crippen LogP contribution in [0.25, 0.3) is 22.5 Å². The summed E-state index contributed by atoms with van der Waals surface area (Å²) < 4.78 is 44.1. The summed E-state index contributed by atoms with van der Waals surface area (Å²) in [5, 5.41) is 12.4. The number of carbonyl (C=O) groups is 3. The molecule has 1 unspecified atom stereocenters. The smallest absolute Gasteiger partial charge is 0.329 e. The molecule has 3 aliphatic rings. The lowest BCUT2D eigenvalue weighted by molar-refractivity contribution is -0.135. The number of fused-ring (bicyclic) bond motifs is 1. The number of aromatic nitrogens is 6. The van der Waals surface area contributed by atoms with Crippen molar-refractivity contribution in [2.45, 2.75) is 76.3 Å². The number of alkyl halides is 2. The van der Waals surface area contributed by atoms with E-state index in [0.29, 0.717) is 46.4 Å². The Morgan fingerprint density at radius 1 is 1.06 bits per heavy atom. The summed E-state index contributed by atoms with van der Waals surface area (Å²) in [4.78, 5) is 61.2. The molecule has 2 aliphatic carbocycles. The van der Waals surface area contributed by atoms with Crippen molar-refractivity contribution in [3.05, 3.63) is 76.4 Å². The maximum Gasteiger partial charge on any atom is 0.329 e. The Kier molecular flexibility index (Phi) is 12.9. The summed E-state index contributed by atoms with van der Waals surface area (Å²) >= 11 is 0. The van der Waals surface area contributed by atoms with E-state index in [1.54, 1.807) is 42.2 Å². The number of rotatable bonds is 16. The summed E-state index contributed by atoms with van der Waals surface area (Å²) in [6, 6.07) is 8.11. The number of oxazole rings is 1. The number of hydrogen-bond acceptors (Lipinski definition) is 11. The van der Waals surface area contributed by atoms with E-state index in [0.717, 1.165) is 51.7 Å². The number of nitrogens with zero attached hydrogens (tertiary/aromatic N) is 7. The Bertz CT molecular complexity index is 2560. The minimum absolute atomic E-state index is 0.0365. The molecule has 326 valence electrons. The molecular weight excluding hydrogens is 803 g/mol. The van der Waals surface area contributed by atoms with Gasteiger partial charge in [-0.3, -0.25) is 33.5 Å². The van der Waals surface area contributed by atoms with E-state index >= 15 is 0 Å². The van der Waals surface area contributed by atoms with Crippen molar-refractivity contribution in [3.8, 4) is 23.3 Å².